The molecule has 2 aliphatic rings. The summed E-state index contributed by atoms with van der Waals surface area (Å²) in [6.45, 7) is 9.15. The fourth-order valence-corrected chi connectivity index (χ4v) is 4.55. The summed E-state index contributed by atoms with van der Waals surface area (Å²) in [4.78, 5) is 0. The third-order valence-corrected chi connectivity index (χ3v) is 6.40. The lowest BCUT2D eigenvalue weighted by Gasteiger charge is -2.46. The molecule has 2 saturated carbocycles. The van der Waals surface area contributed by atoms with Gasteiger partial charge in [0.15, 0.2) is 0 Å². The number of hydrogen-bond acceptors (Lipinski definition) is 3. The van der Waals surface area contributed by atoms with Crippen molar-refractivity contribution >= 4 is 0 Å². The first kappa shape index (κ1) is 15.0. The van der Waals surface area contributed by atoms with E-state index in [1.165, 1.54) is 31.5 Å². The van der Waals surface area contributed by atoms with Crippen LogP contribution in [0.25, 0.3) is 0 Å². The molecule has 4 heteroatoms. The predicted molar refractivity (Wildman–Crippen MR) is 85.2 cm³/mol. The van der Waals surface area contributed by atoms with Crippen LogP contribution in [0.15, 0.2) is 0 Å². The van der Waals surface area contributed by atoms with E-state index >= 15 is 0 Å². The summed E-state index contributed by atoms with van der Waals surface area (Å²) >= 11 is 0. The Morgan fingerprint density at radius 3 is 2.43 bits per heavy atom. The summed E-state index contributed by atoms with van der Waals surface area (Å²) in [6.07, 6.45) is 7.51. The van der Waals surface area contributed by atoms with Crippen LogP contribution in [0.5, 0.6) is 0 Å². The molecule has 0 amide bonds. The highest BCUT2D eigenvalue weighted by Gasteiger charge is 2.45. The molecule has 0 radical (unpaired) electrons. The number of rotatable bonds is 2. The van der Waals surface area contributed by atoms with Crippen LogP contribution in [-0.4, -0.2) is 20.8 Å². The molecule has 4 nitrogen and oxygen atoms in total. The number of nitrogens with zero attached hydrogens (tertiary/aromatic N) is 3. The fraction of sp³-hybridized carbons (Fsp3) is 0.882. The first-order valence-electron chi connectivity index (χ1n) is 8.60. The molecule has 118 valence electrons. The minimum atomic E-state index is 0.188. The van der Waals surface area contributed by atoms with Crippen molar-refractivity contribution in [2.24, 2.45) is 17.1 Å². The maximum Gasteiger partial charge on any atom is 0.136 e. The second kappa shape index (κ2) is 5.38. The van der Waals surface area contributed by atoms with Crippen LogP contribution in [0.3, 0.4) is 0 Å². The number of aromatic nitrogens is 3. The number of aryl methyl sites for hydroxylation is 1. The first-order valence-corrected chi connectivity index (χ1v) is 8.60. The Labute approximate surface area is 128 Å². The van der Waals surface area contributed by atoms with Gasteiger partial charge >= 0.3 is 0 Å². The lowest BCUT2D eigenvalue weighted by atomic mass is 9.61. The van der Waals surface area contributed by atoms with Gasteiger partial charge in [-0.05, 0) is 43.9 Å². The number of hydrogen-bond donors (Lipinski definition) is 1. The smallest absolute Gasteiger partial charge is 0.136 e. The van der Waals surface area contributed by atoms with Gasteiger partial charge in [-0.15, -0.1) is 10.2 Å². The Morgan fingerprint density at radius 1 is 1.10 bits per heavy atom. The van der Waals surface area contributed by atoms with Gasteiger partial charge in [0.1, 0.15) is 11.6 Å². The molecule has 2 aliphatic carbocycles. The highest BCUT2D eigenvalue weighted by atomic mass is 15.3. The molecule has 1 aromatic heterocycles. The molecule has 0 bridgehead atoms. The van der Waals surface area contributed by atoms with Crippen LogP contribution >= 0.6 is 0 Å². The Balaban J connectivity index is 1.97. The molecule has 2 N–H and O–H groups in total. The van der Waals surface area contributed by atoms with E-state index in [-0.39, 0.29) is 5.41 Å². The van der Waals surface area contributed by atoms with Crippen molar-refractivity contribution in [3.63, 3.8) is 0 Å². The fourth-order valence-electron chi connectivity index (χ4n) is 4.55. The van der Waals surface area contributed by atoms with Crippen LogP contribution in [0.4, 0.5) is 0 Å². The molecular formula is C17H30N4. The van der Waals surface area contributed by atoms with Gasteiger partial charge in [-0.25, -0.2) is 0 Å². The van der Waals surface area contributed by atoms with Crippen LogP contribution in [0, 0.1) is 18.3 Å². The van der Waals surface area contributed by atoms with Gasteiger partial charge in [0.25, 0.3) is 0 Å². The summed E-state index contributed by atoms with van der Waals surface area (Å²) in [6, 6.07) is 0.942. The van der Waals surface area contributed by atoms with Crippen LogP contribution in [0.1, 0.15) is 82.9 Å². The van der Waals surface area contributed by atoms with Crippen molar-refractivity contribution in [1.82, 2.24) is 14.8 Å². The second-order valence-electron chi connectivity index (χ2n) is 7.82. The molecule has 1 aromatic rings. The molecule has 0 saturated heterocycles. The van der Waals surface area contributed by atoms with Gasteiger partial charge in [-0.1, -0.05) is 33.6 Å². The molecule has 0 spiro atoms. The van der Waals surface area contributed by atoms with Gasteiger partial charge in [-0.2, -0.15) is 0 Å². The molecule has 21 heavy (non-hydrogen) atoms. The topological polar surface area (TPSA) is 56.7 Å². The van der Waals surface area contributed by atoms with Crippen LogP contribution < -0.4 is 5.73 Å². The lowest BCUT2D eigenvalue weighted by Crippen LogP contribution is -2.46. The Kier molecular flexibility index (Phi) is 3.85. The monoisotopic (exact) mass is 290 g/mol. The molecule has 2 fully saturated rings. The first-order chi connectivity index (χ1) is 9.93. The van der Waals surface area contributed by atoms with Crippen LogP contribution in [-0.2, 0) is 0 Å². The summed E-state index contributed by atoms with van der Waals surface area (Å²) in [5.74, 6) is 3.32. The van der Waals surface area contributed by atoms with E-state index in [1.54, 1.807) is 0 Å². The lowest BCUT2D eigenvalue weighted by molar-refractivity contribution is 0.0916. The van der Waals surface area contributed by atoms with E-state index in [0.29, 0.717) is 23.9 Å². The van der Waals surface area contributed by atoms with Gasteiger partial charge < -0.3 is 10.3 Å². The van der Waals surface area contributed by atoms with Crippen molar-refractivity contribution in [2.45, 2.75) is 84.2 Å². The zero-order chi connectivity index (χ0) is 15.2. The van der Waals surface area contributed by atoms with E-state index in [2.05, 4.69) is 42.5 Å². The zero-order valence-electron chi connectivity index (χ0n) is 14.0. The van der Waals surface area contributed by atoms with Gasteiger partial charge in [0.2, 0.25) is 0 Å². The second-order valence-corrected chi connectivity index (χ2v) is 7.82. The molecule has 0 aliphatic heterocycles. The van der Waals surface area contributed by atoms with Gasteiger partial charge in [0, 0.05) is 18.0 Å². The average Bonchev–Trinajstić information content (AvgIpc) is 3.05. The van der Waals surface area contributed by atoms with Crippen LogP contribution in [0.2, 0.25) is 0 Å². The van der Waals surface area contributed by atoms with E-state index in [9.17, 15) is 0 Å². The summed E-state index contributed by atoms with van der Waals surface area (Å²) in [7, 11) is 0. The van der Waals surface area contributed by atoms with Crippen molar-refractivity contribution in [1.29, 1.82) is 0 Å². The van der Waals surface area contributed by atoms with Crippen molar-refractivity contribution in [3.8, 4) is 0 Å². The third kappa shape index (κ3) is 2.41. The molecule has 3 rings (SSSR count). The minimum Gasteiger partial charge on any atom is -0.327 e. The van der Waals surface area contributed by atoms with E-state index < -0.39 is 0 Å². The third-order valence-electron chi connectivity index (χ3n) is 6.40. The van der Waals surface area contributed by atoms with E-state index in [4.69, 9.17) is 5.73 Å². The SMILES string of the molecule is Cc1nnc(C2CCC(N)C(C)C2(C)C)n1C1CCCC1. The Morgan fingerprint density at radius 2 is 1.76 bits per heavy atom. The summed E-state index contributed by atoms with van der Waals surface area (Å²) in [5, 5.41) is 9.04. The van der Waals surface area contributed by atoms with Crippen molar-refractivity contribution in [3.05, 3.63) is 11.6 Å². The molecule has 0 aromatic carbocycles. The van der Waals surface area contributed by atoms with Gasteiger partial charge in [-0.3, -0.25) is 0 Å². The predicted octanol–water partition coefficient (Wildman–Crippen LogP) is 3.57. The van der Waals surface area contributed by atoms with Crippen molar-refractivity contribution in [2.75, 3.05) is 0 Å². The van der Waals surface area contributed by atoms with E-state index in [0.717, 1.165) is 18.7 Å². The highest BCUT2D eigenvalue weighted by Crippen LogP contribution is 2.50. The quantitative estimate of drug-likeness (QED) is 0.906. The number of nitrogens with two attached hydrogens (primary N) is 1. The van der Waals surface area contributed by atoms with E-state index in [1.807, 2.05) is 0 Å². The molecule has 3 atom stereocenters. The average molecular weight is 290 g/mol. The summed E-state index contributed by atoms with van der Waals surface area (Å²) in [5.41, 5.74) is 6.50. The largest absolute Gasteiger partial charge is 0.327 e. The normalized spacial score (nSPS) is 33.5. The standard InChI is InChI=1S/C17H30N4/c1-11-15(18)10-9-14(17(11,3)4)16-20-19-12(2)21(16)13-7-5-6-8-13/h11,13-15H,5-10,18H2,1-4H3. The zero-order valence-corrected chi connectivity index (χ0v) is 14.0. The Bertz CT molecular complexity index is 499. The molecular weight excluding hydrogens is 260 g/mol. The highest BCUT2D eigenvalue weighted by molar-refractivity contribution is 5.12. The van der Waals surface area contributed by atoms with Crippen molar-refractivity contribution < 1.29 is 0 Å². The maximum absolute atomic E-state index is 6.32. The van der Waals surface area contributed by atoms with Gasteiger partial charge in [0.05, 0.1) is 0 Å². The summed E-state index contributed by atoms with van der Waals surface area (Å²) < 4.78 is 2.46. The minimum absolute atomic E-state index is 0.188. The maximum atomic E-state index is 6.32. The molecule has 1 heterocycles. The Hall–Kier alpha value is -0.900. The molecule has 3 unspecified atom stereocenters.